The van der Waals surface area contributed by atoms with Gasteiger partial charge >= 0.3 is 0 Å². The van der Waals surface area contributed by atoms with Crippen LogP contribution in [0.2, 0.25) is 0 Å². The molecule has 0 unspecified atom stereocenters. The summed E-state index contributed by atoms with van der Waals surface area (Å²) in [6.07, 6.45) is 2.47. The number of fused-ring (bicyclic) bond motifs is 1. The molecule has 0 bridgehead atoms. The topological polar surface area (TPSA) is 89.7 Å². The van der Waals surface area contributed by atoms with Crippen LogP contribution in [-0.4, -0.2) is 79.0 Å². The van der Waals surface area contributed by atoms with Gasteiger partial charge < -0.3 is 25.3 Å². The minimum absolute atomic E-state index is 0.0662. The molecule has 0 saturated carbocycles. The summed E-state index contributed by atoms with van der Waals surface area (Å²) in [4.78, 5) is 33.9. The second kappa shape index (κ2) is 13.6. The molecular weight excluding hydrogens is 490 g/mol. The zero-order chi connectivity index (χ0) is 27.8. The van der Waals surface area contributed by atoms with Crippen LogP contribution in [0.3, 0.4) is 0 Å². The molecule has 4 rings (SSSR count). The molecule has 1 aliphatic heterocycles. The van der Waals surface area contributed by atoms with Crippen LogP contribution >= 0.6 is 0 Å². The first-order chi connectivity index (χ1) is 18.8. The molecule has 2 heterocycles. The number of benzene rings is 2. The van der Waals surface area contributed by atoms with E-state index >= 15 is 0 Å². The van der Waals surface area contributed by atoms with Gasteiger partial charge in [0.25, 0.3) is 5.91 Å². The van der Waals surface area contributed by atoms with Gasteiger partial charge in [-0.25, -0.2) is 0 Å². The Labute approximate surface area is 232 Å². The molecule has 8 heteroatoms. The molecule has 0 aliphatic carbocycles. The standard InChI is InChI=1S/C31H43N5O3/c1-22(2)18-28(34-31(38)29-19-24-8-5-6-9-27(24)33-29)30(37)32-25-14-16-36(21-25)20-23-10-12-26(13-11-23)39-17-7-15-35(3)4/h5-6,8-13,19,22,25,28,33H,7,14-18,20-21H2,1-4H3,(H,32,37)(H,34,38)/t25-,28-/m0/s1. The lowest BCUT2D eigenvalue weighted by Gasteiger charge is -2.23. The summed E-state index contributed by atoms with van der Waals surface area (Å²) in [5.41, 5.74) is 2.60. The van der Waals surface area contributed by atoms with Crippen molar-refractivity contribution in [2.75, 3.05) is 40.3 Å². The molecule has 39 heavy (non-hydrogen) atoms. The van der Waals surface area contributed by atoms with Gasteiger partial charge in [0.2, 0.25) is 5.91 Å². The Morgan fingerprint density at radius 2 is 1.90 bits per heavy atom. The van der Waals surface area contributed by atoms with E-state index < -0.39 is 6.04 Å². The van der Waals surface area contributed by atoms with Crippen LogP contribution in [0.4, 0.5) is 0 Å². The number of rotatable bonds is 13. The highest BCUT2D eigenvalue weighted by molar-refractivity contribution is 6.00. The Bertz CT molecular complexity index is 1190. The van der Waals surface area contributed by atoms with Crippen LogP contribution < -0.4 is 15.4 Å². The fraction of sp³-hybridized carbons (Fsp3) is 0.484. The molecule has 1 aliphatic rings. The molecule has 1 fully saturated rings. The minimum atomic E-state index is -0.580. The monoisotopic (exact) mass is 533 g/mol. The average Bonchev–Trinajstić information content (AvgIpc) is 3.53. The first kappa shape index (κ1) is 28.6. The second-order valence-corrected chi connectivity index (χ2v) is 11.3. The lowest BCUT2D eigenvalue weighted by molar-refractivity contribution is -0.124. The Hall–Kier alpha value is -3.36. The molecule has 210 valence electrons. The largest absolute Gasteiger partial charge is 0.494 e. The highest BCUT2D eigenvalue weighted by Gasteiger charge is 2.29. The summed E-state index contributed by atoms with van der Waals surface area (Å²) in [5.74, 6) is 0.791. The molecule has 3 N–H and O–H groups in total. The summed E-state index contributed by atoms with van der Waals surface area (Å²) in [5, 5.41) is 7.14. The molecule has 2 aromatic carbocycles. The van der Waals surface area contributed by atoms with Crippen molar-refractivity contribution >= 4 is 22.7 Å². The van der Waals surface area contributed by atoms with Gasteiger partial charge in [0.1, 0.15) is 17.5 Å². The Kier molecular flexibility index (Phi) is 10.0. The second-order valence-electron chi connectivity index (χ2n) is 11.3. The number of carbonyl (C=O) groups excluding carboxylic acids is 2. The molecule has 0 radical (unpaired) electrons. The number of nitrogens with one attached hydrogen (secondary N) is 3. The molecule has 0 spiro atoms. The predicted molar refractivity (Wildman–Crippen MR) is 156 cm³/mol. The fourth-order valence-electron chi connectivity index (χ4n) is 5.05. The molecule has 1 aromatic heterocycles. The van der Waals surface area contributed by atoms with Crippen molar-refractivity contribution in [3.8, 4) is 5.75 Å². The van der Waals surface area contributed by atoms with Gasteiger partial charge in [0.05, 0.1) is 6.61 Å². The van der Waals surface area contributed by atoms with Crippen molar-refractivity contribution in [1.82, 2.24) is 25.4 Å². The molecule has 2 atom stereocenters. The number of hydrogen-bond donors (Lipinski definition) is 3. The number of hydrogen-bond acceptors (Lipinski definition) is 5. The summed E-state index contributed by atoms with van der Waals surface area (Å²) in [6, 6.07) is 17.4. The SMILES string of the molecule is CC(C)C[C@H](NC(=O)c1cc2ccccc2[nH]1)C(=O)N[C@H]1CCN(Cc2ccc(OCCCN(C)C)cc2)C1. The van der Waals surface area contributed by atoms with E-state index in [2.05, 4.69) is 65.5 Å². The number of carbonyl (C=O) groups is 2. The Morgan fingerprint density at radius 3 is 2.62 bits per heavy atom. The number of H-pyrrole nitrogens is 1. The molecular formula is C31H43N5O3. The maximum absolute atomic E-state index is 13.3. The summed E-state index contributed by atoms with van der Waals surface area (Å²) >= 11 is 0. The van der Waals surface area contributed by atoms with Gasteiger partial charge in [0.15, 0.2) is 0 Å². The molecule has 8 nitrogen and oxygen atoms in total. The fourth-order valence-corrected chi connectivity index (χ4v) is 5.05. The maximum atomic E-state index is 13.3. The highest BCUT2D eigenvalue weighted by Crippen LogP contribution is 2.18. The zero-order valence-corrected chi connectivity index (χ0v) is 23.7. The van der Waals surface area contributed by atoms with Crippen LogP contribution in [0, 0.1) is 5.92 Å². The van der Waals surface area contributed by atoms with Crippen LogP contribution in [-0.2, 0) is 11.3 Å². The van der Waals surface area contributed by atoms with Gasteiger partial charge in [-0.2, -0.15) is 0 Å². The van der Waals surface area contributed by atoms with E-state index in [9.17, 15) is 9.59 Å². The van der Waals surface area contributed by atoms with Crippen molar-refractivity contribution in [2.45, 2.75) is 51.7 Å². The van der Waals surface area contributed by atoms with E-state index in [0.29, 0.717) is 18.7 Å². The van der Waals surface area contributed by atoms with Crippen molar-refractivity contribution in [1.29, 1.82) is 0 Å². The number of aromatic nitrogens is 1. The predicted octanol–water partition coefficient (Wildman–Crippen LogP) is 4.03. The van der Waals surface area contributed by atoms with Crippen molar-refractivity contribution in [3.05, 3.63) is 65.9 Å². The first-order valence-corrected chi connectivity index (χ1v) is 14.0. The zero-order valence-electron chi connectivity index (χ0n) is 23.7. The third-order valence-corrected chi connectivity index (χ3v) is 7.07. The third-order valence-electron chi connectivity index (χ3n) is 7.07. The Balaban J connectivity index is 1.26. The lowest BCUT2D eigenvalue weighted by Crippen LogP contribution is -2.50. The number of amides is 2. The van der Waals surface area contributed by atoms with Crippen LogP contribution in [0.5, 0.6) is 5.75 Å². The van der Waals surface area contributed by atoms with E-state index in [-0.39, 0.29) is 23.8 Å². The number of aromatic amines is 1. The molecule has 1 saturated heterocycles. The van der Waals surface area contributed by atoms with E-state index in [1.807, 2.05) is 42.5 Å². The van der Waals surface area contributed by atoms with E-state index in [1.165, 1.54) is 5.56 Å². The van der Waals surface area contributed by atoms with Gasteiger partial charge in [0, 0.05) is 43.1 Å². The molecule has 2 amide bonds. The number of likely N-dealkylation sites (tertiary alicyclic amines) is 1. The van der Waals surface area contributed by atoms with E-state index in [0.717, 1.165) is 55.7 Å². The van der Waals surface area contributed by atoms with Gasteiger partial charge in [-0.15, -0.1) is 0 Å². The molecule has 3 aromatic rings. The highest BCUT2D eigenvalue weighted by atomic mass is 16.5. The third kappa shape index (κ3) is 8.57. The minimum Gasteiger partial charge on any atom is -0.494 e. The van der Waals surface area contributed by atoms with Crippen LogP contribution in [0.15, 0.2) is 54.6 Å². The smallest absolute Gasteiger partial charge is 0.268 e. The van der Waals surface area contributed by atoms with Crippen molar-refractivity contribution in [2.24, 2.45) is 5.92 Å². The van der Waals surface area contributed by atoms with Gasteiger partial charge in [-0.05, 0) is 69.1 Å². The van der Waals surface area contributed by atoms with Crippen molar-refractivity contribution in [3.63, 3.8) is 0 Å². The number of ether oxygens (including phenoxy) is 1. The lowest BCUT2D eigenvalue weighted by atomic mass is 10.0. The van der Waals surface area contributed by atoms with Gasteiger partial charge in [-0.3, -0.25) is 14.5 Å². The van der Waals surface area contributed by atoms with Gasteiger partial charge in [-0.1, -0.05) is 44.2 Å². The van der Waals surface area contributed by atoms with Crippen LogP contribution in [0.1, 0.15) is 49.2 Å². The van der Waals surface area contributed by atoms with Crippen LogP contribution in [0.25, 0.3) is 10.9 Å². The normalized spacial score (nSPS) is 16.6. The number of para-hydroxylation sites is 1. The van der Waals surface area contributed by atoms with Crippen molar-refractivity contribution < 1.29 is 14.3 Å². The first-order valence-electron chi connectivity index (χ1n) is 14.0. The van der Waals surface area contributed by atoms with E-state index in [4.69, 9.17) is 4.74 Å². The summed E-state index contributed by atoms with van der Waals surface area (Å²) in [7, 11) is 4.13. The summed E-state index contributed by atoms with van der Waals surface area (Å²) < 4.78 is 5.84. The summed E-state index contributed by atoms with van der Waals surface area (Å²) in [6.45, 7) is 8.40. The maximum Gasteiger partial charge on any atom is 0.268 e. The average molecular weight is 534 g/mol. The van der Waals surface area contributed by atoms with E-state index in [1.54, 1.807) is 0 Å². The quantitative estimate of drug-likeness (QED) is 0.289. The number of nitrogens with zero attached hydrogens (tertiary/aromatic N) is 2. The Morgan fingerprint density at radius 1 is 1.13 bits per heavy atom.